The van der Waals surface area contributed by atoms with Crippen LogP contribution in [0.15, 0.2) is 224 Å². The van der Waals surface area contributed by atoms with E-state index in [1.54, 1.807) is 0 Å². The highest BCUT2D eigenvalue weighted by atomic mass is 15.0. The number of para-hydroxylation sites is 2. The quantitative estimate of drug-likeness (QED) is 0.162. The molecule has 12 aromatic rings. The zero-order valence-corrected chi connectivity index (χ0v) is 33.6. The van der Waals surface area contributed by atoms with Crippen LogP contribution in [0.3, 0.4) is 0 Å². The van der Waals surface area contributed by atoms with E-state index in [1.165, 1.54) is 49.3 Å². The van der Waals surface area contributed by atoms with Crippen LogP contribution in [0.2, 0.25) is 0 Å². The molecule has 0 amide bonds. The van der Waals surface area contributed by atoms with Crippen LogP contribution in [-0.4, -0.2) is 24.1 Å². The first kappa shape index (κ1) is 35.5. The summed E-state index contributed by atoms with van der Waals surface area (Å²) in [6, 6.07) is 79.4. The molecule has 0 aliphatic carbocycles. The van der Waals surface area contributed by atoms with Gasteiger partial charge < -0.3 is 9.13 Å². The molecule has 62 heavy (non-hydrogen) atoms. The normalized spacial score (nSPS) is 11.5. The molecule has 0 saturated heterocycles. The minimum atomic E-state index is 0.629. The Morgan fingerprint density at radius 3 is 1.23 bits per heavy atom. The SMILES string of the molecule is c1ccc(-c2cc(-c3ccccc3)cc(-n3c4ccccc4c4c3ccc3c5ccccc5n(-c5ccc(-c6nc(-c7ccccc7)nc(-c7ccccc7)n6)cc5)c34)c2)cc1. The number of hydrogen-bond acceptors (Lipinski definition) is 3. The Kier molecular flexibility index (Phi) is 8.42. The van der Waals surface area contributed by atoms with Gasteiger partial charge in [0.25, 0.3) is 0 Å². The largest absolute Gasteiger partial charge is 0.309 e. The van der Waals surface area contributed by atoms with E-state index in [9.17, 15) is 0 Å². The van der Waals surface area contributed by atoms with Gasteiger partial charge in [0.05, 0.1) is 22.1 Å². The molecule has 3 heterocycles. The number of benzene rings is 9. The van der Waals surface area contributed by atoms with Gasteiger partial charge in [-0.1, -0.05) is 164 Å². The maximum atomic E-state index is 5.02. The third-order valence-corrected chi connectivity index (χ3v) is 11.9. The lowest BCUT2D eigenvalue weighted by Gasteiger charge is -2.14. The van der Waals surface area contributed by atoms with Gasteiger partial charge in [0, 0.05) is 49.6 Å². The summed E-state index contributed by atoms with van der Waals surface area (Å²) in [4.78, 5) is 15.0. The smallest absolute Gasteiger partial charge is 0.164 e. The molecule has 0 bridgehead atoms. The van der Waals surface area contributed by atoms with Crippen molar-refractivity contribution in [1.82, 2.24) is 24.1 Å². The molecule has 9 aromatic carbocycles. The molecule has 0 spiro atoms. The van der Waals surface area contributed by atoms with Crippen molar-refractivity contribution in [2.75, 3.05) is 0 Å². The van der Waals surface area contributed by atoms with Crippen LogP contribution in [-0.2, 0) is 0 Å². The fourth-order valence-electron chi connectivity index (χ4n) is 9.09. The highest BCUT2D eigenvalue weighted by molar-refractivity contribution is 6.26. The molecule has 12 rings (SSSR count). The summed E-state index contributed by atoms with van der Waals surface area (Å²) in [5.41, 5.74) is 14.3. The lowest BCUT2D eigenvalue weighted by Crippen LogP contribution is -2.00. The summed E-state index contributed by atoms with van der Waals surface area (Å²) >= 11 is 0. The first-order chi connectivity index (χ1) is 30.7. The summed E-state index contributed by atoms with van der Waals surface area (Å²) in [5.74, 6) is 1.92. The van der Waals surface area contributed by atoms with E-state index in [0.717, 1.165) is 44.6 Å². The van der Waals surface area contributed by atoms with Crippen LogP contribution < -0.4 is 0 Å². The Morgan fingerprint density at radius 1 is 0.258 bits per heavy atom. The van der Waals surface area contributed by atoms with Gasteiger partial charge in [0.2, 0.25) is 0 Å². The van der Waals surface area contributed by atoms with Crippen LogP contribution in [0.25, 0.3) is 111 Å². The summed E-state index contributed by atoms with van der Waals surface area (Å²) in [7, 11) is 0. The van der Waals surface area contributed by atoms with E-state index in [4.69, 9.17) is 15.0 Å². The molecule has 0 radical (unpaired) electrons. The number of hydrogen-bond donors (Lipinski definition) is 0. The molecule has 5 nitrogen and oxygen atoms in total. The molecule has 290 valence electrons. The molecule has 0 fully saturated rings. The van der Waals surface area contributed by atoms with Gasteiger partial charge in [0.1, 0.15) is 0 Å². The van der Waals surface area contributed by atoms with Gasteiger partial charge >= 0.3 is 0 Å². The van der Waals surface area contributed by atoms with Gasteiger partial charge in [-0.15, -0.1) is 0 Å². The number of rotatable bonds is 7. The first-order valence-corrected chi connectivity index (χ1v) is 20.9. The molecule has 0 aliphatic rings. The van der Waals surface area contributed by atoms with Crippen molar-refractivity contribution in [2.24, 2.45) is 0 Å². The minimum absolute atomic E-state index is 0.629. The van der Waals surface area contributed by atoms with Crippen molar-refractivity contribution in [3.63, 3.8) is 0 Å². The predicted octanol–water partition coefficient (Wildman–Crippen LogP) is 14.4. The fourth-order valence-corrected chi connectivity index (χ4v) is 9.09. The topological polar surface area (TPSA) is 48.5 Å². The molecular weight excluding hydrogens is 755 g/mol. The van der Waals surface area contributed by atoms with Gasteiger partial charge in [-0.2, -0.15) is 0 Å². The van der Waals surface area contributed by atoms with Crippen LogP contribution in [0, 0.1) is 0 Å². The number of aromatic nitrogens is 5. The summed E-state index contributed by atoms with van der Waals surface area (Å²) in [6.07, 6.45) is 0. The lowest BCUT2D eigenvalue weighted by molar-refractivity contribution is 1.07. The zero-order valence-electron chi connectivity index (χ0n) is 33.6. The maximum absolute atomic E-state index is 5.02. The van der Waals surface area contributed by atoms with E-state index in [0.29, 0.717) is 17.5 Å². The van der Waals surface area contributed by atoms with Gasteiger partial charge in [-0.25, -0.2) is 15.0 Å². The maximum Gasteiger partial charge on any atom is 0.164 e. The van der Waals surface area contributed by atoms with Gasteiger partial charge in [-0.05, 0) is 82.9 Å². The zero-order chi connectivity index (χ0) is 41.0. The highest BCUT2D eigenvalue weighted by Gasteiger charge is 2.22. The number of fused-ring (bicyclic) bond motifs is 7. The summed E-state index contributed by atoms with van der Waals surface area (Å²) in [5, 5.41) is 4.83. The molecule has 5 heteroatoms. The van der Waals surface area contributed by atoms with Gasteiger partial charge in [0.15, 0.2) is 17.5 Å². The van der Waals surface area contributed by atoms with Crippen molar-refractivity contribution in [3.05, 3.63) is 224 Å². The first-order valence-electron chi connectivity index (χ1n) is 20.9. The van der Waals surface area contributed by atoms with Crippen molar-refractivity contribution in [2.45, 2.75) is 0 Å². The third kappa shape index (κ3) is 5.98. The molecule has 0 saturated carbocycles. The van der Waals surface area contributed by atoms with E-state index >= 15 is 0 Å². The van der Waals surface area contributed by atoms with E-state index < -0.39 is 0 Å². The highest BCUT2D eigenvalue weighted by Crippen LogP contribution is 2.43. The van der Waals surface area contributed by atoms with E-state index in [-0.39, 0.29) is 0 Å². The van der Waals surface area contributed by atoms with Crippen molar-refractivity contribution >= 4 is 43.6 Å². The van der Waals surface area contributed by atoms with Gasteiger partial charge in [-0.3, -0.25) is 0 Å². The Hall–Kier alpha value is -8.41. The summed E-state index contributed by atoms with van der Waals surface area (Å²) < 4.78 is 4.88. The Balaban J connectivity index is 1.07. The van der Waals surface area contributed by atoms with E-state index in [2.05, 4.69) is 173 Å². The third-order valence-electron chi connectivity index (χ3n) is 11.9. The second-order valence-electron chi connectivity index (χ2n) is 15.6. The summed E-state index contributed by atoms with van der Waals surface area (Å²) in [6.45, 7) is 0. The van der Waals surface area contributed by atoms with E-state index in [1.807, 2.05) is 60.7 Å². The monoisotopic (exact) mass is 791 g/mol. The minimum Gasteiger partial charge on any atom is -0.309 e. The van der Waals surface area contributed by atoms with Crippen LogP contribution in [0.4, 0.5) is 0 Å². The fraction of sp³-hybridized carbons (Fsp3) is 0. The van der Waals surface area contributed by atoms with Crippen LogP contribution in [0.5, 0.6) is 0 Å². The Bertz CT molecular complexity index is 3480. The van der Waals surface area contributed by atoms with Crippen LogP contribution in [0.1, 0.15) is 0 Å². The standard InChI is InChI=1S/C57H37N5/c1-5-17-38(18-6-1)43-35-44(39-19-7-2-8-20-39)37-46(36-43)61-51-28-16-14-26-49(51)53-52(61)34-33-48-47-25-13-15-27-50(47)62(54(48)53)45-31-29-42(30-32-45)57-59-55(40-21-9-3-10-22-40)58-56(60-57)41-23-11-4-12-24-41/h1-37H. The molecular formula is C57H37N5. The average Bonchev–Trinajstić information content (AvgIpc) is 3.88. The lowest BCUT2D eigenvalue weighted by atomic mass is 9.98. The van der Waals surface area contributed by atoms with Crippen molar-refractivity contribution in [3.8, 4) is 67.8 Å². The second kappa shape index (κ2) is 14.7. The second-order valence-corrected chi connectivity index (χ2v) is 15.6. The average molecular weight is 792 g/mol. The predicted molar refractivity (Wildman–Crippen MR) is 256 cm³/mol. The Labute approximate surface area is 358 Å². The van der Waals surface area contributed by atoms with Crippen molar-refractivity contribution < 1.29 is 0 Å². The molecule has 0 N–H and O–H groups in total. The molecule has 3 aromatic heterocycles. The Morgan fingerprint density at radius 2 is 0.694 bits per heavy atom. The van der Waals surface area contributed by atoms with Crippen molar-refractivity contribution in [1.29, 1.82) is 0 Å². The molecule has 0 unspecified atom stereocenters. The number of nitrogens with zero attached hydrogens (tertiary/aromatic N) is 5. The van der Waals surface area contributed by atoms with Crippen LogP contribution >= 0.6 is 0 Å². The molecule has 0 atom stereocenters. The molecule has 0 aliphatic heterocycles.